The minimum atomic E-state index is 0.450. The van der Waals surface area contributed by atoms with Crippen LogP contribution in [0.5, 0.6) is 0 Å². The predicted octanol–water partition coefficient (Wildman–Crippen LogP) is 3.39. The molecule has 0 aromatic carbocycles. The van der Waals surface area contributed by atoms with Gasteiger partial charge in [0.25, 0.3) is 0 Å². The number of nitrogens with zero attached hydrogens (tertiary/aromatic N) is 2. The Balaban J connectivity index is 2.15. The second-order valence-electron chi connectivity index (χ2n) is 2.86. The molecule has 0 N–H and O–H groups in total. The molecule has 0 aliphatic carbocycles. The molecule has 0 unspecified atom stereocenters. The Hall–Kier alpha value is -0.510. The summed E-state index contributed by atoms with van der Waals surface area (Å²) in [6.45, 7) is 0.764. The summed E-state index contributed by atoms with van der Waals surface area (Å²) in [4.78, 5) is 5.28. The number of rotatable bonds is 3. The fourth-order valence-corrected chi connectivity index (χ4v) is 2.41. The van der Waals surface area contributed by atoms with E-state index >= 15 is 0 Å². The maximum absolute atomic E-state index is 5.98. The molecule has 14 heavy (non-hydrogen) atoms. The lowest BCUT2D eigenvalue weighted by Crippen LogP contribution is -1.93. The van der Waals surface area contributed by atoms with E-state index in [1.807, 2.05) is 22.2 Å². The van der Waals surface area contributed by atoms with Gasteiger partial charge in [0.15, 0.2) is 0 Å². The van der Waals surface area contributed by atoms with Crippen LogP contribution in [-0.4, -0.2) is 9.55 Å². The van der Waals surface area contributed by atoms with Gasteiger partial charge in [0.2, 0.25) is 0 Å². The van der Waals surface area contributed by atoms with Gasteiger partial charge < -0.3 is 4.57 Å². The molecule has 0 aliphatic heterocycles. The third-order valence-corrected chi connectivity index (χ3v) is 3.49. The molecular weight excluding hydrogens is 239 g/mol. The Kier molecular flexibility index (Phi) is 3.11. The Morgan fingerprint density at radius 1 is 1.50 bits per heavy atom. The topological polar surface area (TPSA) is 17.8 Å². The fraction of sp³-hybridized carbons (Fsp3) is 0.222. The summed E-state index contributed by atoms with van der Waals surface area (Å²) < 4.78 is 1.98. The van der Waals surface area contributed by atoms with Crippen molar-refractivity contribution in [2.45, 2.75) is 12.4 Å². The van der Waals surface area contributed by atoms with Crippen molar-refractivity contribution in [3.8, 4) is 0 Å². The minimum Gasteiger partial charge on any atom is -0.332 e. The standard InChI is InChI=1S/C9H8Cl2N2S/c10-3-7-4-13(6-12-7)5-9-8(11)1-2-14-9/h1-2,4,6H,3,5H2. The first kappa shape index (κ1) is 10.0. The van der Waals surface area contributed by atoms with Crippen LogP contribution in [-0.2, 0) is 12.4 Å². The molecule has 0 fully saturated rings. The van der Waals surface area contributed by atoms with E-state index in [0.29, 0.717) is 5.88 Å². The smallest absolute Gasteiger partial charge is 0.0953 e. The predicted molar refractivity (Wildman–Crippen MR) is 60.2 cm³/mol. The first-order valence-corrected chi connectivity index (χ1v) is 5.87. The molecule has 0 saturated heterocycles. The molecule has 0 saturated carbocycles. The van der Waals surface area contributed by atoms with Crippen molar-refractivity contribution in [2.75, 3.05) is 0 Å². The zero-order valence-electron chi connectivity index (χ0n) is 7.28. The molecule has 2 rings (SSSR count). The van der Waals surface area contributed by atoms with Gasteiger partial charge in [0.1, 0.15) is 0 Å². The monoisotopic (exact) mass is 246 g/mol. The van der Waals surface area contributed by atoms with Crippen molar-refractivity contribution in [1.82, 2.24) is 9.55 Å². The van der Waals surface area contributed by atoms with Gasteiger partial charge >= 0.3 is 0 Å². The Bertz CT molecular complexity index is 422. The maximum Gasteiger partial charge on any atom is 0.0953 e. The van der Waals surface area contributed by atoms with E-state index in [-0.39, 0.29) is 0 Å². The van der Waals surface area contributed by atoms with E-state index in [2.05, 4.69) is 4.98 Å². The molecule has 0 spiro atoms. The van der Waals surface area contributed by atoms with Gasteiger partial charge in [-0.3, -0.25) is 0 Å². The Labute approximate surface area is 96.1 Å². The van der Waals surface area contributed by atoms with Crippen molar-refractivity contribution in [3.63, 3.8) is 0 Å². The van der Waals surface area contributed by atoms with E-state index < -0.39 is 0 Å². The molecule has 2 nitrogen and oxygen atoms in total. The zero-order valence-corrected chi connectivity index (χ0v) is 9.61. The lowest BCUT2D eigenvalue weighted by Gasteiger charge is -1.98. The number of halogens is 2. The minimum absolute atomic E-state index is 0.450. The summed E-state index contributed by atoms with van der Waals surface area (Å²) in [5.41, 5.74) is 0.888. The lowest BCUT2D eigenvalue weighted by atomic mass is 10.4. The number of imidazole rings is 1. The first-order chi connectivity index (χ1) is 6.79. The van der Waals surface area contributed by atoms with Gasteiger partial charge in [-0.1, -0.05) is 11.6 Å². The van der Waals surface area contributed by atoms with Gasteiger partial charge in [0, 0.05) is 11.1 Å². The normalized spacial score (nSPS) is 10.7. The van der Waals surface area contributed by atoms with Crippen LogP contribution in [0.25, 0.3) is 0 Å². The van der Waals surface area contributed by atoms with Crippen LogP contribution in [0, 0.1) is 0 Å². The summed E-state index contributed by atoms with van der Waals surface area (Å²) in [5, 5.41) is 2.80. The quantitative estimate of drug-likeness (QED) is 0.760. The van der Waals surface area contributed by atoms with Crippen LogP contribution >= 0.6 is 34.5 Å². The van der Waals surface area contributed by atoms with E-state index in [1.165, 1.54) is 0 Å². The molecule has 74 valence electrons. The molecule has 2 aromatic rings. The molecule has 0 aliphatic rings. The van der Waals surface area contributed by atoms with E-state index in [9.17, 15) is 0 Å². The second kappa shape index (κ2) is 4.34. The molecule has 0 atom stereocenters. The average molecular weight is 247 g/mol. The summed E-state index contributed by atoms with van der Waals surface area (Å²) in [7, 11) is 0. The SMILES string of the molecule is ClCc1cn(Cc2sccc2Cl)cn1. The van der Waals surface area contributed by atoms with Gasteiger partial charge in [-0.25, -0.2) is 4.98 Å². The first-order valence-electron chi connectivity index (χ1n) is 4.08. The van der Waals surface area contributed by atoms with Crippen molar-refractivity contribution in [2.24, 2.45) is 0 Å². The number of hydrogen-bond donors (Lipinski definition) is 0. The number of thiophene rings is 1. The van der Waals surface area contributed by atoms with E-state index in [1.54, 1.807) is 17.7 Å². The highest BCUT2D eigenvalue weighted by Crippen LogP contribution is 2.22. The van der Waals surface area contributed by atoms with Crippen LogP contribution in [0.3, 0.4) is 0 Å². The summed E-state index contributed by atoms with van der Waals surface area (Å²) in [6.07, 6.45) is 3.71. The van der Waals surface area contributed by atoms with Crippen molar-refractivity contribution in [1.29, 1.82) is 0 Å². The molecule has 5 heteroatoms. The van der Waals surface area contributed by atoms with Crippen molar-refractivity contribution in [3.05, 3.63) is 39.6 Å². The zero-order chi connectivity index (χ0) is 9.97. The summed E-state index contributed by atoms with van der Waals surface area (Å²) >= 11 is 13.3. The van der Waals surface area contributed by atoms with Crippen LogP contribution in [0.1, 0.15) is 10.6 Å². The summed E-state index contributed by atoms with van der Waals surface area (Å²) in [6, 6.07) is 1.90. The molecule has 2 heterocycles. The van der Waals surface area contributed by atoms with Crippen LogP contribution in [0.2, 0.25) is 5.02 Å². The summed E-state index contributed by atoms with van der Waals surface area (Å²) in [5.74, 6) is 0.450. The number of alkyl halides is 1. The highest BCUT2D eigenvalue weighted by molar-refractivity contribution is 7.10. The molecule has 0 amide bonds. The van der Waals surface area contributed by atoms with Crippen LogP contribution in [0.15, 0.2) is 24.0 Å². The van der Waals surface area contributed by atoms with Crippen LogP contribution < -0.4 is 0 Å². The van der Waals surface area contributed by atoms with Crippen molar-refractivity contribution >= 4 is 34.5 Å². The average Bonchev–Trinajstić information content (AvgIpc) is 2.77. The van der Waals surface area contributed by atoms with Crippen molar-refractivity contribution < 1.29 is 0 Å². The Morgan fingerprint density at radius 3 is 2.93 bits per heavy atom. The van der Waals surface area contributed by atoms with E-state index in [4.69, 9.17) is 23.2 Å². The third-order valence-electron chi connectivity index (χ3n) is 1.84. The molecular formula is C9H8Cl2N2S. The van der Waals surface area contributed by atoms with Crippen LogP contribution in [0.4, 0.5) is 0 Å². The highest BCUT2D eigenvalue weighted by Gasteiger charge is 2.03. The van der Waals surface area contributed by atoms with E-state index in [0.717, 1.165) is 22.1 Å². The highest BCUT2D eigenvalue weighted by atomic mass is 35.5. The maximum atomic E-state index is 5.98. The number of hydrogen-bond acceptors (Lipinski definition) is 2. The van der Waals surface area contributed by atoms with Gasteiger partial charge in [-0.05, 0) is 11.4 Å². The fourth-order valence-electron chi connectivity index (χ4n) is 1.17. The van der Waals surface area contributed by atoms with Gasteiger partial charge in [-0.2, -0.15) is 0 Å². The number of aromatic nitrogens is 2. The lowest BCUT2D eigenvalue weighted by molar-refractivity contribution is 0.809. The molecule has 2 aromatic heterocycles. The third kappa shape index (κ3) is 2.11. The molecule has 0 radical (unpaired) electrons. The largest absolute Gasteiger partial charge is 0.332 e. The molecule has 0 bridgehead atoms. The Morgan fingerprint density at radius 2 is 2.36 bits per heavy atom. The van der Waals surface area contributed by atoms with Gasteiger partial charge in [0.05, 0.1) is 29.5 Å². The second-order valence-corrected chi connectivity index (χ2v) is 4.54. The van der Waals surface area contributed by atoms with Gasteiger partial charge in [-0.15, -0.1) is 22.9 Å².